The summed E-state index contributed by atoms with van der Waals surface area (Å²) in [5.41, 5.74) is 1.97. The molecule has 1 aliphatic heterocycles. The Morgan fingerprint density at radius 2 is 1.91 bits per heavy atom. The van der Waals surface area contributed by atoms with Crippen molar-refractivity contribution in [3.63, 3.8) is 0 Å². The van der Waals surface area contributed by atoms with Crippen LogP contribution in [0.5, 0.6) is 17.2 Å². The third-order valence-electron chi connectivity index (χ3n) is 5.53. The lowest BCUT2D eigenvalue weighted by Gasteiger charge is -2.24. The Labute approximate surface area is 206 Å². The van der Waals surface area contributed by atoms with Gasteiger partial charge in [0.1, 0.15) is 5.75 Å². The predicted octanol–water partition coefficient (Wildman–Crippen LogP) is 2.91. The van der Waals surface area contributed by atoms with Gasteiger partial charge in [0.05, 0.1) is 42.2 Å². The van der Waals surface area contributed by atoms with E-state index in [9.17, 15) is 14.7 Å². The van der Waals surface area contributed by atoms with Crippen LogP contribution in [0.15, 0.2) is 63.5 Å². The number of benzene rings is 2. The van der Waals surface area contributed by atoms with Crippen molar-refractivity contribution in [2.45, 2.75) is 26.8 Å². The zero-order valence-electron chi connectivity index (χ0n) is 19.9. The molecule has 0 saturated carbocycles. The van der Waals surface area contributed by atoms with Crippen molar-refractivity contribution in [3.8, 4) is 17.2 Å². The lowest BCUT2D eigenvalue weighted by atomic mass is 9.96. The number of aromatic nitrogens is 1. The first kappa shape index (κ1) is 24.3. The fourth-order valence-electron chi connectivity index (χ4n) is 3.94. The molecule has 4 rings (SSSR count). The molecule has 0 aliphatic carbocycles. The summed E-state index contributed by atoms with van der Waals surface area (Å²) in [6.07, 6.45) is 1.72. The molecule has 8 nitrogen and oxygen atoms in total. The van der Waals surface area contributed by atoms with Crippen molar-refractivity contribution in [3.05, 3.63) is 84.5 Å². The number of esters is 1. The molecule has 35 heavy (non-hydrogen) atoms. The maximum atomic E-state index is 13.6. The number of hydrogen-bond donors (Lipinski definition) is 1. The van der Waals surface area contributed by atoms with E-state index in [1.54, 1.807) is 51.3 Å². The maximum absolute atomic E-state index is 13.6. The molecule has 1 aromatic heterocycles. The van der Waals surface area contributed by atoms with E-state index in [0.717, 1.165) is 5.56 Å². The monoisotopic (exact) mass is 494 g/mol. The van der Waals surface area contributed by atoms with Gasteiger partial charge in [-0.25, -0.2) is 9.79 Å². The Kier molecular flexibility index (Phi) is 7.07. The molecule has 9 heteroatoms. The Bertz CT molecular complexity index is 1470. The number of aromatic hydroxyl groups is 1. The van der Waals surface area contributed by atoms with Gasteiger partial charge in [-0.15, -0.1) is 0 Å². The van der Waals surface area contributed by atoms with Gasteiger partial charge >= 0.3 is 5.97 Å². The number of nitrogens with zero attached hydrogens (tertiary/aromatic N) is 2. The number of allylic oxidation sites excluding steroid dienone is 1. The first-order valence-corrected chi connectivity index (χ1v) is 12.0. The lowest BCUT2D eigenvalue weighted by molar-refractivity contribution is -0.139. The van der Waals surface area contributed by atoms with Gasteiger partial charge in [0, 0.05) is 0 Å². The van der Waals surface area contributed by atoms with E-state index < -0.39 is 12.0 Å². The van der Waals surface area contributed by atoms with Crippen LogP contribution in [0, 0.1) is 0 Å². The van der Waals surface area contributed by atoms with E-state index in [1.165, 1.54) is 22.0 Å². The second-order valence-corrected chi connectivity index (χ2v) is 8.74. The molecule has 0 radical (unpaired) electrons. The highest BCUT2D eigenvalue weighted by atomic mass is 32.1. The fraction of sp³-hybridized carbons (Fsp3) is 0.269. The van der Waals surface area contributed by atoms with Crippen LogP contribution in [0.4, 0.5) is 0 Å². The number of phenols is 1. The number of rotatable bonds is 7. The highest BCUT2D eigenvalue weighted by Gasteiger charge is 2.33. The summed E-state index contributed by atoms with van der Waals surface area (Å²) in [6.45, 7) is 5.91. The van der Waals surface area contributed by atoms with Crippen molar-refractivity contribution < 1.29 is 24.1 Å². The molecule has 3 aromatic rings. The molecule has 0 unspecified atom stereocenters. The zero-order chi connectivity index (χ0) is 25.1. The first-order chi connectivity index (χ1) is 16.9. The van der Waals surface area contributed by atoms with Crippen LogP contribution < -0.4 is 24.4 Å². The minimum absolute atomic E-state index is 0.0275. The summed E-state index contributed by atoms with van der Waals surface area (Å²) in [5.74, 6) is 0.519. The number of methoxy groups -OCH3 is 1. The van der Waals surface area contributed by atoms with E-state index in [0.29, 0.717) is 44.3 Å². The van der Waals surface area contributed by atoms with Crippen LogP contribution in [-0.4, -0.2) is 36.0 Å². The molecule has 182 valence electrons. The van der Waals surface area contributed by atoms with Gasteiger partial charge in [0.25, 0.3) is 5.56 Å². The van der Waals surface area contributed by atoms with Crippen molar-refractivity contribution in [1.82, 2.24) is 4.57 Å². The third-order valence-corrected chi connectivity index (χ3v) is 6.51. The molecule has 1 N–H and O–H groups in total. The quantitative estimate of drug-likeness (QED) is 0.507. The van der Waals surface area contributed by atoms with Gasteiger partial charge in [0.2, 0.25) is 0 Å². The molecule has 0 bridgehead atoms. The van der Waals surface area contributed by atoms with Crippen LogP contribution in [0.1, 0.15) is 37.9 Å². The zero-order valence-corrected chi connectivity index (χ0v) is 20.7. The molecule has 0 fully saturated rings. The van der Waals surface area contributed by atoms with Gasteiger partial charge in [-0.1, -0.05) is 29.5 Å². The first-order valence-electron chi connectivity index (χ1n) is 11.2. The minimum Gasteiger partial charge on any atom is -0.504 e. The van der Waals surface area contributed by atoms with Crippen molar-refractivity contribution in [2.75, 3.05) is 20.3 Å². The number of hydrogen-bond acceptors (Lipinski definition) is 8. The Morgan fingerprint density at radius 1 is 1.17 bits per heavy atom. The summed E-state index contributed by atoms with van der Waals surface area (Å²) < 4.78 is 18.0. The van der Waals surface area contributed by atoms with E-state index in [2.05, 4.69) is 4.99 Å². The van der Waals surface area contributed by atoms with Crippen molar-refractivity contribution >= 4 is 23.4 Å². The standard InChI is InChI=1S/C26H26N2O6S/c1-5-33-20-13-16(7-12-19(20)29)14-21-24(30)28-23(17-8-10-18(32-4)11-9-17)22(25(31)34-6-2)15(3)27-26(28)35-21/h7-14,23,29H,5-6H2,1-4H3/b21-14-/t23-/m0/s1. The van der Waals surface area contributed by atoms with Crippen molar-refractivity contribution in [1.29, 1.82) is 0 Å². The summed E-state index contributed by atoms with van der Waals surface area (Å²) in [6, 6.07) is 11.4. The molecular weight excluding hydrogens is 468 g/mol. The average Bonchev–Trinajstić information content (AvgIpc) is 3.15. The highest BCUT2D eigenvalue weighted by molar-refractivity contribution is 7.07. The Morgan fingerprint density at radius 3 is 2.57 bits per heavy atom. The summed E-state index contributed by atoms with van der Waals surface area (Å²) in [5, 5.41) is 10.00. The number of fused-ring (bicyclic) bond motifs is 1. The Hall–Kier alpha value is -3.85. The number of thiazole rings is 1. The van der Waals surface area contributed by atoms with Crippen molar-refractivity contribution in [2.24, 2.45) is 4.99 Å². The molecule has 0 spiro atoms. The van der Waals surface area contributed by atoms with Gasteiger partial charge in [0.15, 0.2) is 16.3 Å². The van der Waals surface area contributed by atoms with Crippen LogP contribution in [0.3, 0.4) is 0 Å². The topological polar surface area (TPSA) is 99.4 Å². The Balaban J connectivity index is 1.91. The number of carbonyl (C=O) groups is 1. The molecule has 2 heterocycles. The lowest BCUT2D eigenvalue weighted by Crippen LogP contribution is -2.39. The van der Waals surface area contributed by atoms with Gasteiger partial charge in [-0.2, -0.15) is 0 Å². The normalized spacial score (nSPS) is 15.4. The molecule has 2 aromatic carbocycles. The third kappa shape index (κ3) is 4.72. The molecule has 1 atom stereocenters. The molecule has 0 saturated heterocycles. The minimum atomic E-state index is -0.697. The smallest absolute Gasteiger partial charge is 0.338 e. The van der Waals surface area contributed by atoms with Gasteiger partial charge in [-0.05, 0) is 62.2 Å². The molecular formula is C26H26N2O6S. The van der Waals surface area contributed by atoms with Crippen LogP contribution in [0.2, 0.25) is 0 Å². The summed E-state index contributed by atoms with van der Waals surface area (Å²) >= 11 is 1.23. The highest BCUT2D eigenvalue weighted by Crippen LogP contribution is 2.32. The van der Waals surface area contributed by atoms with E-state index in [1.807, 2.05) is 19.1 Å². The number of carbonyl (C=O) groups excluding carboxylic acids is 1. The second kappa shape index (κ2) is 10.2. The SMILES string of the molecule is CCOC(=O)C1=C(C)N=c2s/c(=C\c3ccc(O)c(OCC)c3)c(=O)n2[C@H]1c1ccc(OC)cc1. The predicted molar refractivity (Wildman–Crippen MR) is 133 cm³/mol. The van der Waals surface area contributed by atoms with Crippen LogP contribution >= 0.6 is 11.3 Å². The van der Waals surface area contributed by atoms with E-state index in [4.69, 9.17) is 14.2 Å². The summed E-state index contributed by atoms with van der Waals surface area (Å²) in [4.78, 5) is 31.6. The van der Waals surface area contributed by atoms with Crippen LogP contribution in [-0.2, 0) is 9.53 Å². The largest absolute Gasteiger partial charge is 0.504 e. The maximum Gasteiger partial charge on any atom is 0.338 e. The van der Waals surface area contributed by atoms with Gasteiger partial charge in [-0.3, -0.25) is 9.36 Å². The molecule has 1 aliphatic rings. The second-order valence-electron chi connectivity index (χ2n) is 7.74. The number of ether oxygens (including phenoxy) is 3. The van der Waals surface area contributed by atoms with E-state index >= 15 is 0 Å². The van der Waals surface area contributed by atoms with E-state index in [-0.39, 0.29) is 17.9 Å². The van der Waals surface area contributed by atoms with Gasteiger partial charge < -0.3 is 19.3 Å². The molecule has 0 amide bonds. The average molecular weight is 495 g/mol. The number of phenolic OH excluding ortho intramolecular Hbond substituents is 1. The summed E-state index contributed by atoms with van der Waals surface area (Å²) in [7, 11) is 1.58. The fourth-order valence-corrected chi connectivity index (χ4v) is 4.98. The van der Waals surface area contributed by atoms with Crippen LogP contribution in [0.25, 0.3) is 6.08 Å².